The van der Waals surface area contributed by atoms with Crippen LogP contribution in [0, 0.1) is 3.57 Å². The van der Waals surface area contributed by atoms with Crippen molar-refractivity contribution in [1.82, 2.24) is 5.32 Å². The number of hydrogen-bond acceptors (Lipinski definition) is 2. The molecule has 1 aromatic carbocycles. The Morgan fingerprint density at radius 3 is 2.78 bits per heavy atom. The largest absolute Gasteiger partial charge is 0.310 e. The SMILES string of the molecule is CC(C)NC1CCCN(c2ccccc2I)C1=O. The third-order valence-corrected chi connectivity index (χ3v) is 4.03. The number of carbonyl (C=O) groups excluding carboxylic acids is 1. The minimum atomic E-state index is -0.0326. The number of carbonyl (C=O) groups is 1. The Balaban J connectivity index is 2.19. The molecule has 0 aliphatic carbocycles. The fourth-order valence-electron chi connectivity index (χ4n) is 2.34. The highest BCUT2D eigenvalue weighted by Gasteiger charge is 2.30. The number of benzene rings is 1. The maximum atomic E-state index is 12.5. The molecule has 1 saturated heterocycles. The van der Waals surface area contributed by atoms with Crippen LogP contribution in [0.1, 0.15) is 26.7 Å². The summed E-state index contributed by atoms with van der Waals surface area (Å²) in [5, 5.41) is 3.36. The first kappa shape index (κ1) is 13.8. The van der Waals surface area contributed by atoms with Gasteiger partial charge in [-0.1, -0.05) is 26.0 Å². The summed E-state index contributed by atoms with van der Waals surface area (Å²) < 4.78 is 1.13. The van der Waals surface area contributed by atoms with Crippen LogP contribution in [0.25, 0.3) is 0 Å². The standard InChI is InChI=1S/C14H19IN2O/c1-10(2)16-12-7-5-9-17(14(12)18)13-8-4-3-6-11(13)15/h3-4,6,8,10,12,16H,5,7,9H2,1-2H3. The van der Waals surface area contributed by atoms with Crippen molar-refractivity contribution in [2.75, 3.05) is 11.4 Å². The zero-order valence-electron chi connectivity index (χ0n) is 10.8. The van der Waals surface area contributed by atoms with Crippen LogP contribution >= 0.6 is 22.6 Å². The molecule has 1 aliphatic heterocycles. The first-order valence-corrected chi connectivity index (χ1v) is 7.49. The van der Waals surface area contributed by atoms with Crippen LogP contribution in [-0.4, -0.2) is 24.5 Å². The van der Waals surface area contributed by atoms with E-state index >= 15 is 0 Å². The quantitative estimate of drug-likeness (QED) is 0.843. The minimum Gasteiger partial charge on any atom is -0.310 e. The van der Waals surface area contributed by atoms with Gasteiger partial charge in [-0.25, -0.2) is 0 Å². The third kappa shape index (κ3) is 3.03. The van der Waals surface area contributed by atoms with E-state index in [1.54, 1.807) is 0 Å². The van der Waals surface area contributed by atoms with Gasteiger partial charge in [-0.15, -0.1) is 0 Å². The van der Waals surface area contributed by atoms with Crippen molar-refractivity contribution >= 4 is 34.2 Å². The van der Waals surface area contributed by atoms with Crippen molar-refractivity contribution in [2.45, 2.75) is 38.8 Å². The Labute approximate surface area is 122 Å². The fourth-order valence-corrected chi connectivity index (χ4v) is 3.02. The van der Waals surface area contributed by atoms with Gasteiger partial charge in [-0.05, 0) is 47.6 Å². The molecule has 1 amide bonds. The molecule has 1 unspecified atom stereocenters. The highest BCUT2D eigenvalue weighted by Crippen LogP contribution is 2.26. The number of para-hydroxylation sites is 1. The van der Waals surface area contributed by atoms with E-state index < -0.39 is 0 Å². The maximum absolute atomic E-state index is 12.5. The zero-order valence-corrected chi connectivity index (χ0v) is 13.0. The summed E-state index contributed by atoms with van der Waals surface area (Å²) in [7, 11) is 0. The zero-order chi connectivity index (χ0) is 13.1. The van der Waals surface area contributed by atoms with Crippen LogP contribution in [0.3, 0.4) is 0 Å². The number of piperidine rings is 1. The lowest BCUT2D eigenvalue weighted by Crippen LogP contribution is -2.52. The Morgan fingerprint density at radius 2 is 2.11 bits per heavy atom. The normalized spacial score (nSPS) is 20.6. The lowest BCUT2D eigenvalue weighted by molar-refractivity contribution is -0.121. The average Bonchev–Trinajstić information content (AvgIpc) is 2.32. The van der Waals surface area contributed by atoms with Gasteiger partial charge in [0.2, 0.25) is 5.91 Å². The second-order valence-corrected chi connectivity index (χ2v) is 6.12. The first-order valence-electron chi connectivity index (χ1n) is 6.41. The number of halogens is 1. The average molecular weight is 358 g/mol. The predicted octanol–water partition coefficient (Wildman–Crippen LogP) is 2.78. The number of rotatable bonds is 3. The summed E-state index contributed by atoms with van der Waals surface area (Å²) in [5.74, 6) is 0.207. The van der Waals surface area contributed by atoms with Gasteiger partial charge in [-0.3, -0.25) is 4.79 Å². The van der Waals surface area contributed by atoms with Gasteiger partial charge in [0.05, 0.1) is 11.7 Å². The van der Waals surface area contributed by atoms with E-state index in [0.717, 1.165) is 28.6 Å². The molecule has 1 aliphatic rings. The third-order valence-electron chi connectivity index (χ3n) is 3.12. The van der Waals surface area contributed by atoms with E-state index in [4.69, 9.17) is 0 Å². The summed E-state index contributed by atoms with van der Waals surface area (Å²) >= 11 is 2.29. The van der Waals surface area contributed by atoms with Crippen LogP contribution in [0.15, 0.2) is 24.3 Å². The van der Waals surface area contributed by atoms with Crippen molar-refractivity contribution < 1.29 is 4.79 Å². The number of nitrogens with one attached hydrogen (secondary N) is 1. The number of hydrogen-bond donors (Lipinski definition) is 1. The summed E-state index contributed by atoms with van der Waals surface area (Å²) in [5.41, 5.74) is 1.04. The molecule has 98 valence electrons. The van der Waals surface area contributed by atoms with Crippen LogP contribution in [0.4, 0.5) is 5.69 Å². The van der Waals surface area contributed by atoms with Gasteiger partial charge in [0.15, 0.2) is 0 Å². The van der Waals surface area contributed by atoms with Crippen molar-refractivity contribution in [3.63, 3.8) is 0 Å². The molecule has 0 aromatic heterocycles. The molecular weight excluding hydrogens is 339 g/mol. The highest BCUT2D eigenvalue weighted by atomic mass is 127. The lowest BCUT2D eigenvalue weighted by Gasteiger charge is -2.34. The van der Waals surface area contributed by atoms with Crippen molar-refractivity contribution in [3.05, 3.63) is 27.8 Å². The summed E-state index contributed by atoms with van der Waals surface area (Å²) in [6.07, 6.45) is 2.00. The molecule has 0 spiro atoms. The molecule has 18 heavy (non-hydrogen) atoms. The number of amides is 1. The van der Waals surface area contributed by atoms with E-state index in [2.05, 4.69) is 41.8 Å². The first-order chi connectivity index (χ1) is 8.59. The second-order valence-electron chi connectivity index (χ2n) is 4.96. The maximum Gasteiger partial charge on any atom is 0.244 e. The molecule has 3 nitrogen and oxygen atoms in total. The van der Waals surface area contributed by atoms with Gasteiger partial charge in [0.1, 0.15) is 0 Å². The Bertz CT molecular complexity index is 434. The molecule has 1 aromatic rings. The van der Waals surface area contributed by atoms with Gasteiger partial charge in [0, 0.05) is 16.2 Å². The summed E-state index contributed by atoms with van der Waals surface area (Å²) in [6, 6.07) is 8.37. The van der Waals surface area contributed by atoms with Gasteiger partial charge in [-0.2, -0.15) is 0 Å². The molecule has 2 rings (SSSR count). The van der Waals surface area contributed by atoms with Crippen LogP contribution in [0.5, 0.6) is 0 Å². The molecule has 1 atom stereocenters. The highest BCUT2D eigenvalue weighted by molar-refractivity contribution is 14.1. The van der Waals surface area contributed by atoms with Gasteiger partial charge >= 0.3 is 0 Å². The van der Waals surface area contributed by atoms with Crippen molar-refractivity contribution in [2.24, 2.45) is 0 Å². The van der Waals surface area contributed by atoms with Crippen LogP contribution < -0.4 is 10.2 Å². The molecule has 4 heteroatoms. The molecule has 0 radical (unpaired) electrons. The predicted molar refractivity (Wildman–Crippen MR) is 82.8 cm³/mol. The second kappa shape index (κ2) is 6.02. The topological polar surface area (TPSA) is 32.3 Å². The Hall–Kier alpha value is -0.620. The fraction of sp³-hybridized carbons (Fsp3) is 0.500. The molecule has 0 bridgehead atoms. The van der Waals surface area contributed by atoms with Crippen molar-refractivity contribution in [1.29, 1.82) is 0 Å². The Kier molecular flexibility index (Phi) is 4.61. The minimum absolute atomic E-state index is 0.0326. The van der Waals surface area contributed by atoms with E-state index in [9.17, 15) is 4.79 Å². The van der Waals surface area contributed by atoms with Crippen molar-refractivity contribution in [3.8, 4) is 0 Å². The molecule has 0 saturated carbocycles. The Morgan fingerprint density at radius 1 is 1.39 bits per heavy atom. The number of nitrogens with zero attached hydrogens (tertiary/aromatic N) is 1. The van der Waals surface area contributed by atoms with E-state index in [-0.39, 0.29) is 11.9 Å². The van der Waals surface area contributed by atoms with Gasteiger partial charge in [0.25, 0.3) is 0 Å². The van der Waals surface area contributed by atoms with E-state index in [0.29, 0.717) is 6.04 Å². The number of anilines is 1. The summed E-state index contributed by atoms with van der Waals surface area (Å²) in [4.78, 5) is 14.4. The lowest BCUT2D eigenvalue weighted by atomic mass is 10.0. The molecular formula is C14H19IN2O. The van der Waals surface area contributed by atoms with Gasteiger partial charge < -0.3 is 10.2 Å². The molecule has 1 heterocycles. The van der Waals surface area contributed by atoms with Crippen LogP contribution in [0.2, 0.25) is 0 Å². The van der Waals surface area contributed by atoms with E-state index in [1.165, 1.54) is 0 Å². The monoisotopic (exact) mass is 358 g/mol. The summed E-state index contributed by atoms with van der Waals surface area (Å²) in [6.45, 7) is 4.99. The molecule has 1 N–H and O–H groups in total. The smallest absolute Gasteiger partial charge is 0.244 e. The molecule has 1 fully saturated rings. The van der Waals surface area contributed by atoms with Crippen LogP contribution in [-0.2, 0) is 4.79 Å². The van der Waals surface area contributed by atoms with E-state index in [1.807, 2.05) is 29.2 Å².